The number of benzene rings is 3. The molecule has 0 atom stereocenters. The lowest BCUT2D eigenvalue weighted by molar-refractivity contribution is -0.116. The SMILES string of the molecule is O=C(Cn1cnc2c(nnn2-c2ccccc2)c1=O)Nc1ccc(N=Nc2ccccc2)cc1. The van der Waals surface area contributed by atoms with Crippen molar-refractivity contribution < 1.29 is 4.79 Å². The molecule has 0 saturated heterocycles. The zero-order valence-corrected chi connectivity index (χ0v) is 17.8. The van der Waals surface area contributed by atoms with E-state index in [9.17, 15) is 9.59 Å². The lowest BCUT2D eigenvalue weighted by Crippen LogP contribution is -2.28. The standard InChI is InChI=1S/C24H18N8O2/c33-21(26-17-11-13-19(14-12-17)28-27-18-7-3-1-4-8-18)15-31-16-25-23-22(24(31)34)29-30-32(23)20-9-5-2-6-10-20/h1-14,16H,15H2,(H,26,33). The molecule has 10 heteroatoms. The molecule has 0 radical (unpaired) electrons. The minimum absolute atomic E-state index is 0.0901. The number of amides is 1. The molecule has 34 heavy (non-hydrogen) atoms. The predicted molar refractivity (Wildman–Crippen MR) is 127 cm³/mol. The second kappa shape index (κ2) is 9.25. The van der Waals surface area contributed by atoms with E-state index in [4.69, 9.17) is 0 Å². The number of hydrogen-bond donors (Lipinski definition) is 1. The van der Waals surface area contributed by atoms with Crippen LogP contribution in [0.1, 0.15) is 0 Å². The first-order chi connectivity index (χ1) is 16.7. The molecule has 2 aromatic heterocycles. The molecule has 5 aromatic rings. The summed E-state index contributed by atoms with van der Waals surface area (Å²) in [4.78, 5) is 29.6. The van der Waals surface area contributed by atoms with Crippen molar-refractivity contribution in [1.82, 2.24) is 24.5 Å². The molecule has 1 amide bonds. The molecule has 0 spiro atoms. The number of hydrogen-bond acceptors (Lipinski definition) is 7. The third kappa shape index (κ3) is 4.46. The summed E-state index contributed by atoms with van der Waals surface area (Å²) in [6, 6.07) is 25.6. The summed E-state index contributed by atoms with van der Waals surface area (Å²) < 4.78 is 2.68. The Morgan fingerprint density at radius 3 is 2.21 bits per heavy atom. The molecule has 166 valence electrons. The van der Waals surface area contributed by atoms with Crippen molar-refractivity contribution in [1.29, 1.82) is 0 Å². The second-order valence-electron chi connectivity index (χ2n) is 7.32. The highest BCUT2D eigenvalue weighted by Crippen LogP contribution is 2.20. The molecule has 1 N–H and O–H groups in total. The molecule has 0 saturated carbocycles. The van der Waals surface area contributed by atoms with Crippen LogP contribution in [-0.4, -0.2) is 30.5 Å². The van der Waals surface area contributed by atoms with E-state index >= 15 is 0 Å². The van der Waals surface area contributed by atoms with Gasteiger partial charge in [-0.15, -0.1) is 5.10 Å². The Hall–Kier alpha value is -4.99. The van der Waals surface area contributed by atoms with E-state index in [1.807, 2.05) is 60.7 Å². The molecule has 3 aromatic carbocycles. The Balaban J connectivity index is 1.27. The number of fused-ring (bicyclic) bond motifs is 1. The third-order valence-electron chi connectivity index (χ3n) is 4.93. The first-order valence-electron chi connectivity index (χ1n) is 10.4. The minimum atomic E-state index is -0.445. The fraction of sp³-hybridized carbons (Fsp3) is 0.0417. The number of aromatic nitrogens is 5. The van der Waals surface area contributed by atoms with Gasteiger partial charge in [0.25, 0.3) is 5.56 Å². The number of nitrogens with zero attached hydrogens (tertiary/aromatic N) is 7. The molecule has 0 bridgehead atoms. The average molecular weight is 450 g/mol. The largest absolute Gasteiger partial charge is 0.325 e. The summed E-state index contributed by atoms with van der Waals surface area (Å²) >= 11 is 0. The lowest BCUT2D eigenvalue weighted by atomic mass is 10.3. The van der Waals surface area contributed by atoms with Gasteiger partial charge in [-0.1, -0.05) is 41.6 Å². The van der Waals surface area contributed by atoms with E-state index < -0.39 is 5.56 Å². The topological polar surface area (TPSA) is 119 Å². The van der Waals surface area contributed by atoms with Crippen molar-refractivity contribution in [2.75, 3.05) is 5.32 Å². The molecule has 2 heterocycles. The summed E-state index contributed by atoms with van der Waals surface area (Å²) in [5.41, 5.74) is 2.67. The highest BCUT2D eigenvalue weighted by Gasteiger charge is 2.14. The van der Waals surface area contributed by atoms with Gasteiger partial charge in [-0.05, 0) is 48.5 Å². The number of azo groups is 1. The second-order valence-corrected chi connectivity index (χ2v) is 7.32. The van der Waals surface area contributed by atoms with Gasteiger partial charge in [-0.2, -0.15) is 14.9 Å². The van der Waals surface area contributed by atoms with Crippen LogP contribution in [0.15, 0.2) is 106 Å². The fourth-order valence-electron chi connectivity index (χ4n) is 3.28. The van der Waals surface area contributed by atoms with Gasteiger partial charge in [0.2, 0.25) is 5.91 Å². The predicted octanol–water partition coefficient (Wildman–Crippen LogP) is 4.03. The number of carbonyl (C=O) groups excluding carboxylic acids is 1. The Morgan fingerprint density at radius 1 is 0.853 bits per heavy atom. The Kier molecular flexibility index (Phi) is 5.68. The van der Waals surface area contributed by atoms with Crippen LogP contribution >= 0.6 is 0 Å². The van der Waals surface area contributed by atoms with Crippen molar-refractivity contribution in [2.24, 2.45) is 10.2 Å². The van der Waals surface area contributed by atoms with Gasteiger partial charge in [-0.25, -0.2) is 4.98 Å². The maximum Gasteiger partial charge on any atom is 0.284 e. The van der Waals surface area contributed by atoms with Gasteiger partial charge in [0.05, 0.1) is 17.1 Å². The molecule has 10 nitrogen and oxygen atoms in total. The fourth-order valence-corrected chi connectivity index (χ4v) is 3.28. The van der Waals surface area contributed by atoms with Crippen LogP contribution in [0.4, 0.5) is 17.1 Å². The quantitative estimate of drug-likeness (QED) is 0.392. The monoisotopic (exact) mass is 450 g/mol. The summed E-state index contributed by atoms with van der Waals surface area (Å²) in [7, 11) is 0. The first kappa shape index (κ1) is 20.9. The number of anilines is 1. The number of nitrogens with one attached hydrogen (secondary N) is 1. The van der Waals surface area contributed by atoms with Crippen LogP contribution < -0.4 is 10.9 Å². The van der Waals surface area contributed by atoms with E-state index in [1.165, 1.54) is 15.6 Å². The number of para-hydroxylation sites is 1. The van der Waals surface area contributed by atoms with Gasteiger partial charge in [0.15, 0.2) is 11.2 Å². The molecule has 5 rings (SSSR count). The number of rotatable bonds is 6. The summed E-state index contributed by atoms with van der Waals surface area (Å²) in [6.07, 6.45) is 1.32. The minimum Gasteiger partial charge on any atom is -0.325 e. The third-order valence-corrected chi connectivity index (χ3v) is 4.93. The van der Waals surface area contributed by atoms with E-state index in [1.54, 1.807) is 24.3 Å². The zero-order chi connectivity index (χ0) is 23.3. The van der Waals surface area contributed by atoms with Gasteiger partial charge in [0.1, 0.15) is 12.9 Å². The van der Waals surface area contributed by atoms with Gasteiger partial charge < -0.3 is 5.32 Å². The molecule has 0 aliphatic rings. The van der Waals surface area contributed by atoms with E-state index in [0.717, 1.165) is 11.4 Å². The first-order valence-corrected chi connectivity index (χ1v) is 10.4. The molecule has 0 aliphatic heterocycles. The maximum atomic E-state index is 12.8. The van der Waals surface area contributed by atoms with Crippen molar-refractivity contribution in [3.63, 3.8) is 0 Å². The lowest BCUT2D eigenvalue weighted by Gasteiger charge is -2.07. The normalized spacial score (nSPS) is 11.2. The molecule has 0 unspecified atom stereocenters. The van der Waals surface area contributed by atoms with E-state index in [-0.39, 0.29) is 18.0 Å². The van der Waals surface area contributed by atoms with Gasteiger partial charge in [-0.3, -0.25) is 14.2 Å². The Bertz CT molecular complexity index is 1520. The number of carbonyl (C=O) groups is 1. The summed E-state index contributed by atoms with van der Waals surface area (Å²) in [5.74, 6) is -0.377. The van der Waals surface area contributed by atoms with Gasteiger partial charge in [0, 0.05) is 5.69 Å². The van der Waals surface area contributed by atoms with Crippen LogP contribution in [0.2, 0.25) is 0 Å². The molecular formula is C24H18N8O2. The van der Waals surface area contributed by atoms with E-state index in [2.05, 4.69) is 30.8 Å². The highest BCUT2D eigenvalue weighted by atomic mass is 16.2. The molecule has 0 fully saturated rings. The zero-order valence-electron chi connectivity index (χ0n) is 17.8. The van der Waals surface area contributed by atoms with Crippen LogP contribution in [0.25, 0.3) is 16.9 Å². The molecular weight excluding hydrogens is 432 g/mol. The Morgan fingerprint density at radius 2 is 1.50 bits per heavy atom. The van der Waals surface area contributed by atoms with Crippen molar-refractivity contribution in [3.8, 4) is 5.69 Å². The van der Waals surface area contributed by atoms with Gasteiger partial charge >= 0.3 is 0 Å². The van der Waals surface area contributed by atoms with Crippen molar-refractivity contribution in [3.05, 3.63) is 102 Å². The maximum absolute atomic E-state index is 12.8. The van der Waals surface area contributed by atoms with Crippen LogP contribution in [0.5, 0.6) is 0 Å². The van der Waals surface area contributed by atoms with Crippen molar-refractivity contribution in [2.45, 2.75) is 6.54 Å². The van der Waals surface area contributed by atoms with Crippen molar-refractivity contribution >= 4 is 34.1 Å². The van der Waals surface area contributed by atoms with Crippen LogP contribution in [0, 0.1) is 0 Å². The van der Waals surface area contributed by atoms with E-state index in [0.29, 0.717) is 17.0 Å². The smallest absolute Gasteiger partial charge is 0.284 e. The highest BCUT2D eigenvalue weighted by molar-refractivity contribution is 5.90. The van der Waals surface area contributed by atoms with Crippen LogP contribution in [0.3, 0.4) is 0 Å². The Labute approximate surface area is 193 Å². The molecule has 0 aliphatic carbocycles. The summed E-state index contributed by atoms with van der Waals surface area (Å²) in [5, 5.41) is 19.1. The average Bonchev–Trinajstić information content (AvgIpc) is 3.31. The summed E-state index contributed by atoms with van der Waals surface area (Å²) in [6.45, 7) is -0.213. The van der Waals surface area contributed by atoms with Crippen LogP contribution in [-0.2, 0) is 11.3 Å².